The van der Waals surface area contributed by atoms with Gasteiger partial charge in [0.25, 0.3) is 0 Å². The summed E-state index contributed by atoms with van der Waals surface area (Å²) in [6, 6.07) is 11.0. The fourth-order valence-corrected chi connectivity index (χ4v) is 3.11. The van der Waals surface area contributed by atoms with Crippen LogP contribution in [0.15, 0.2) is 42.7 Å². The molecular weight excluding hydrogens is 304 g/mol. The summed E-state index contributed by atoms with van der Waals surface area (Å²) in [5.74, 6) is -0.300. The molecule has 3 rings (SSSR count). The molecule has 0 aliphatic carbocycles. The molecule has 126 valence electrons. The average molecular weight is 326 g/mol. The van der Waals surface area contributed by atoms with E-state index in [2.05, 4.69) is 51.0 Å². The highest BCUT2D eigenvalue weighted by Gasteiger charge is 2.26. The Balaban J connectivity index is 1.67. The minimum Gasteiger partial charge on any atom is -0.476 e. The Kier molecular flexibility index (Phi) is 5.05. The second kappa shape index (κ2) is 7.40. The highest BCUT2D eigenvalue weighted by molar-refractivity contribution is 5.84. The number of aromatic nitrogens is 2. The summed E-state index contributed by atoms with van der Waals surface area (Å²) >= 11 is 0. The van der Waals surface area contributed by atoms with Crippen LogP contribution in [0.4, 0.5) is 5.82 Å². The van der Waals surface area contributed by atoms with Gasteiger partial charge >= 0.3 is 5.97 Å². The van der Waals surface area contributed by atoms with E-state index in [4.69, 9.17) is 5.11 Å². The van der Waals surface area contributed by atoms with Crippen LogP contribution in [0.5, 0.6) is 0 Å². The van der Waals surface area contributed by atoms with Gasteiger partial charge in [0, 0.05) is 32.2 Å². The number of nitrogens with zero attached hydrogens (tertiary/aromatic N) is 4. The second-order valence-electron chi connectivity index (χ2n) is 6.03. The maximum Gasteiger partial charge on any atom is 0.356 e. The Labute approximate surface area is 141 Å². The highest BCUT2D eigenvalue weighted by Crippen LogP contribution is 2.20. The Morgan fingerprint density at radius 3 is 2.62 bits per heavy atom. The van der Waals surface area contributed by atoms with Crippen LogP contribution in [0.2, 0.25) is 0 Å². The summed E-state index contributed by atoms with van der Waals surface area (Å²) in [7, 11) is 0. The van der Waals surface area contributed by atoms with Crippen molar-refractivity contribution >= 4 is 11.8 Å². The van der Waals surface area contributed by atoms with Crippen molar-refractivity contribution in [1.82, 2.24) is 14.9 Å². The van der Waals surface area contributed by atoms with E-state index >= 15 is 0 Å². The minimum absolute atomic E-state index is 0.0199. The van der Waals surface area contributed by atoms with Gasteiger partial charge in [-0.15, -0.1) is 0 Å². The first-order valence-corrected chi connectivity index (χ1v) is 8.25. The normalized spacial score (nSPS) is 18.5. The first-order chi connectivity index (χ1) is 11.7. The molecule has 0 saturated carbocycles. The Morgan fingerprint density at radius 1 is 1.21 bits per heavy atom. The van der Waals surface area contributed by atoms with Crippen LogP contribution in [0, 0.1) is 0 Å². The fraction of sp³-hybridized carbons (Fsp3) is 0.389. The van der Waals surface area contributed by atoms with Gasteiger partial charge in [0.15, 0.2) is 5.69 Å². The minimum atomic E-state index is -1.05. The van der Waals surface area contributed by atoms with Crippen LogP contribution in [-0.4, -0.2) is 51.6 Å². The number of carboxylic acids is 1. The van der Waals surface area contributed by atoms with Crippen molar-refractivity contribution in [1.29, 1.82) is 0 Å². The number of piperazine rings is 1. The van der Waals surface area contributed by atoms with Gasteiger partial charge < -0.3 is 10.0 Å². The molecule has 1 aliphatic rings. The van der Waals surface area contributed by atoms with Crippen molar-refractivity contribution in [3.8, 4) is 0 Å². The molecule has 24 heavy (non-hydrogen) atoms. The molecule has 0 bridgehead atoms. The van der Waals surface area contributed by atoms with E-state index < -0.39 is 5.97 Å². The summed E-state index contributed by atoms with van der Waals surface area (Å²) in [6.07, 6.45) is 3.95. The topological polar surface area (TPSA) is 69.6 Å². The highest BCUT2D eigenvalue weighted by atomic mass is 16.4. The quantitative estimate of drug-likeness (QED) is 0.909. The molecule has 1 aliphatic heterocycles. The Morgan fingerprint density at radius 2 is 2.00 bits per heavy atom. The number of benzene rings is 1. The van der Waals surface area contributed by atoms with E-state index in [1.54, 1.807) is 6.20 Å². The van der Waals surface area contributed by atoms with E-state index in [0.717, 1.165) is 38.4 Å². The van der Waals surface area contributed by atoms with Gasteiger partial charge in [-0.25, -0.2) is 14.8 Å². The molecule has 2 heterocycles. The van der Waals surface area contributed by atoms with Gasteiger partial charge in [-0.1, -0.05) is 37.3 Å². The standard InChI is InChI=1S/C18H22N4O2/c1-2-15-13-22(17-11-19-16(10-20-17)18(23)24)9-8-21(15)12-14-6-4-3-5-7-14/h3-7,10-11,15H,2,8-9,12-13H2,1H3,(H,23,24). The predicted molar refractivity (Wildman–Crippen MR) is 92.1 cm³/mol. The monoisotopic (exact) mass is 326 g/mol. The van der Waals surface area contributed by atoms with Crippen molar-refractivity contribution in [2.24, 2.45) is 0 Å². The number of carboxylic acid groups (broad SMARTS) is 1. The van der Waals surface area contributed by atoms with E-state index in [1.807, 2.05) is 6.07 Å². The molecule has 1 saturated heterocycles. The van der Waals surface area contributed by atoms with E-state index in [0.29, 0.717) is 6.04 Å². The molecule has 2 aromatic rings. The van der Waals surface area contributed by atoms with Gasteiger partial charge in [0.1, 0.15) is 5.82 Å². The summed E-state index contributed by atoms with van der Waals surface area (Å²) in [5, 5.41) is 8.92. The van der Waals surface area contributed by atoms with Crippen molar-refractivity contribution in [3.05, 3.63) is 54.0 Å². The van der Waals surface area contributed by atoms with Crippen LogP contribution >= 0.6 is 0 Å². The zero-order valence-corrected chi connectivity index (χ0v) is 13.8. The first kappa shape index (κ1) is 16.4. The lowest BCUT2D eigenvalue weighted by molar-refractivity contribution is 0.0690. The van der Waals surface area contributed by atoms with Crippen LogP contribution in [0.25, 0.3) is 0 Å². The molecule has 1 unspecified atom stereocenters. The van der Waals surface area contributed by atoms with Gasteiger partial charge in [-0.2, -0.15) is 0 Å². The Hall–Kier alpha value is -2.47. The molecule has 0 spiro atoms. The summed E-state index contributed by atoms with van der Waals surface area (Å²) in [5.41, 5.74) is 1.31. The lowest BCUT2D eigenvalue weighted by Crippen LogP contribution is -2.52. The molecule has 1 atom stereocenters. The predicted octanol–water partition coefficient (Wildman–Crippen LogP) is 2.28. The third-order valence-electron chi connectivity index (χ3n) is 4.49. The van der Waals surface area contributed by atoms with E-state index in [9.17, 15) is 4.79 Å². The number of anilines is 1. The van der Waals surface area contributed by atoms with Crippen LogP contribution in [-0.2, 0) is 6.54 Å². The number of hydrogen-bond donors (Lipinski definition) is 1. The molecule has 1 fully saturated rings. The average Bonchev–Trinajstić information content (AvgIpc) is 2.63. The van der Waals surface area contributed by atoms with E-state index in [1.165, 1.54) is 11.8 Å². The van der Waals surface area contributed by atoms with Gasteiger partial charge in [0.05, 0.1) is 12.4 Å². The lowest BCUT2D eigenvalue weighted by Gasteiger charge is -2.41. The summed E-state index contributed by atoms with van der Waals surface area (Å²) < 4.78 is 0. The maximum absolute atomic E-state index is 10.9. The van der Waals surface area contributed by atoms with Gasteiger partial charge in [-0.05, 0) is 12.0 Å². The second-order valence-corrected chi connectivity index (χ2v) is 6.03. The first-order valence-electron chi connectivity index (χ1n) is 8.25. The zero-order valence-electron chi connectivity index (χ0n) is 13.8. The summed E-state index contributed by atoms with van der Waals surface area (Å²) in [4.78, 5) is 23.8. The number of hydrogen-bond acceptors (Lipinski definition) is 5. The van der Waals surface area contributed by atoms with Crippen LogP contribution in [0.3, 0.4) is 0 Å². The molecule has 1 aromatic heterocycles. The number of rotatable bonds is 5. The molecule has 1 aromatic carbocycles. The van der Waals surface area contributed by atoms with E-state index in [-0.39, 0.29) is 5.69 Å². The van der Waals surface area contributed by atoms with Gasteiger partial charge in [0.2, 0.25) is 0 Å². The fourth-order valence-electron chi connectivity index (χ4n) is 3.11. The molecule has 6 heteroatoms. The molecule has 1 N–H and O–H groups in total. The summed E-state index contributed by atoms with van der Waals surface area (Å²) in [6.45, 7) is 5.85. The SMILES string of the molecule is CCC1CN(c2cnc(C(=O)O)cn2)CCN1Cc1ccccc1. The van der Waals surface area contributed by atoms with Crippen molar-refractivity contribution in [3.63, 3.8) is 0 Å². The van der Waals surface area contributed by atoms with Crippen molar-refractivity contribution in [2.75, 3.05) is 24.5 Å². The smallest absolute Gasteiger partial charge is 0.356 e. The molecule has 6 nitrogen and oxygen atoms in total. The lowest BCUT2D eigenvalue weighted by atomic mass is 10.1. The third kappa shape index (κ3) is 3.71. The number of carbonyl (C=O) groups is 1. The zero-order chi connectivity index (χ0) is 16.9. The largest absolute Gasteiger partial charge is 0.476 e. The van der Waals surface area contributed by atoms with Crippen molar-refractivity contribution < 1.29 is 9.90 Å². The molecule has 0 radical (unpaired) electrons. The maximum atomic E-state index is 10.9. The molecule has 0 amide bonds. The van der Waals surface area contributed by atoms with Crippen molar-refractivity contribution in [2.45, 2.75) is 25.9 Å². The van der Waals surface area contributed by atoms with Gasteiger partial charge in [-0.3, -0.25) is 4.90 Å². The number of aromatic carboxylic acids is 1. The third-order valence-corrected chi connectivity index (χ3v) is 4.49. The van der Waals surface area contributed by atoms with Crippen LogP contribution in [0.1, 0.15) is 29.4 Å². The van der Waals surface area contributed by atoms with Crippen LogP contribution < -0.4 is 4.90 Å². The molecular formula is C18H22N4O2. The Bertz CT molecular complexity index is 675.